The van der Waals surface area contributed by atoms with E-state index in [-0.39, 0.29) is 12.8 Å². The van der Waals surface area contributed by atoms with Crippen LogP contribution in [0.3, 0.4) is 0 Å². The van der Waals surface area contributed by atoms with Crippen molar-refractivity contribution in [3.63, 3.8) is 0 Å². The SMILES string of the molecule is CC(=O)N=CC(CCC(=O)O)C(=O)O. The van der Waals surface area contributed by atoms with Crippen molar-refractivity contribution in [1.29, 1.82) is 0 Å². The lowest BCUT2D eigenvalue weighted by Gasteiger charge is -2.03. The third-order valence-corrected chi connectivity index (χ3v) is 1.42. The summed E-state index contributed by atoms with van der Waals surface area (Å²) in [5, 5.41) is 16.9. The first kappa shape index (κ1) is 12.3. The van der Waals surface area contributed by atoms with E-state index >= 15 is 0 Å². The maximum absolute atomic E-state index is 10.5. The van der Waals surface area contributed by atoms with Gasteiger partial charge in [0.05, 0.1) is 5.92 Å². The van der Waals surface area contributed by atoms with Gasteiger partial charge >= 0.3 is 11.9 Å². The van der Waals surface area contributed by atoms with Gasteiger partial charge in [-0.2, -0.15) is 0 Å². The van der Waals surface area contributed by atoms with Crippen LogP contribution in [0.2, 0.25) is 0 Å². The molecule has 0 aromatic heterocycles. The second-order valence-electron chi connectivity index (χ2n) is 2.67. The minimum Gasteiger partial charge on any atom is -0.481 e. The van der Waals surface area contributed by atoms with Gasteiger partial charge in [0.2, 0.25) is 5.91 Å². The molecular weight excluding hydrogens is 190 g/mol. The zero-order chi connectivity index (χ0) is 11.1. The molecule has 0 aliphatic rings. The predicted molar refractivity (Wildman–Crippen MR) is 47.2 cm³/mol. The lowest BCUT2D eigenvalue weighted by molar-refractivity contribution is -0.140. The van der Waals surface area contributed by atoms with Gasteiger partial charge < -0.3 is 10.2 Å². The van der Waals surface area contributed by atoms with E-state index in [1.54, 1.807) is 0 Å². The second-order valence-corrected chi connectivity index (χ2v) is 2.67. The fraction of sp³-hybridized carbons (Fsp3) is 0.500. The number of carbonyl (C=O) groups excluding carboxylic acids is 1. The fourth-order valence-electron chi connectivity index (χ4n) is 0.736. The van der Waals surface area contributed by atoms with Gasteiger partial charge in [0.25, 0.3) is 0 Å². The molecule has 0 spiro atoms. The molecule has 0 heterocycles. The van der Waals surface area contributed by atoms with Crippen LogP contribution < -0.4 is 0 Å². The standard InChI is InChI=1S/C8H11NO5/c1-5(10)9-4-6(8(13)14)2-3-7(11)12/h4,6H,2-3H2,1H3,(H,11,12)(H,13,14). The smallest absolute Gasteiger partial charge is 0.311 e. The summed E-state index contributed by atoms with van der Waals surface area (Å²) >= 11 is 0. The molecule has 0 bridgehead atoms. The van der Waals surface area contributed by atoms with Crippen molar-refractivity contribution in [1.82, 2.24) is 0 Å². The van der Waals surface area contributed by atoms with Crippen LogP contribution in [-0.2, 0) is 14.4 Å². The number of carboxylic acids is 2. The van der Waals surface area contributed by atoms with Crippen molar-refractivity contribution < 1.29 is 24.6 Å². The van der Waals surface area contributed by atoms with Crippen molar-refractivity contribution in [2.45, 2.75) is 19.8 Å². The lowest BCUT2D eigenvalue weighted by Crippen LogP contribution is -2.17. The number of rotatable bonds is 5. The van der Waals surface area contributed by atoms with Crippen LogP contribution in [0.4, 0.5) is 0 Å². The third kappa shape index (κ3) is 5.87. The lowest BCUT2D eigenvalue weighted by atomic mass is 10.1. The van der Waals surface area contributed by atoms with Crippen LogP contribution in [-0.4, -0.2) is 34.3 Å². The number of hydrogen-bond donors (Lipinski definition) is 2. The van der Waals surface area contributed by atoms with Crippen molar-refractivity contribution in [2.24, 2.45) is 10.9 Å². The largest absolute Gasteiger partial charge is 0.481 e. The first-order valence-corrected chi connectivity index (χ1v) is 3.93. The topological polar surface area (TPSA) is 104 Å². The molecule has 0 aliphatic heterocycles. The molecule has 0 saturated heterocycles. The molecule has 0 radical (unpaired) electrons. The summed E-state index contributed by atoms with van der Waals surface area (Å²) in [6.07, 6.45) is 0.635. The second kappa shape index (κ2) is 5.85. The molecule has 78 valence electrons. The van der Waals surface area contributed by atoms with Crippen LogP contribution in [0, 0.1) is 5.92 Å². The molecule has 0 saturated carbocycles. The number of nitrogens with zero attached hydrogens (tertiary/aromatic N) is 1. The van der Waals surface area contributed by atoms with E-state index in [0.29, 0.717) is 0 Å². The summed E-state index contributed by atoms with van der Waals surface area (Å²) in [6, 6.07) is 0. The van der Waals surface area contributed by atoms with E-state index < -0.39 is 23.8 Å². The fourth-order valence-corrected chi connectivity index (χ4v) is 0.736. The van der Waals surface area contributed by atoms with E-state index in [1.807, 2.05) is 0 Å². The molecule has 14 heavy (non-hydrogen) atoms. The Kier molecular flexibility index (Phi) is 5.13. The van der Waals surface area contributed by atoms with Crippen LogP contribution in [0.1, 0.15) is 19.8 Å². The number of aliphatic carboxylic acids is 2. The molecule has 0 fully saturated rings. The quantitative estimate of drug-likeness (QED) is 0.617. The normalized spacial score (nSPS) is 12.6. The Bertz CT molecular complexity index is 271. The van der Waals surface area contributed by atoms with Gasteiger partial charge in [-0.05, 0) is 6.42 Å². The minimum atomic E-state index is -1.18. The summed E-state index contributed by atoms with van der Waals surface area (Å²) in [5.41, 5.74) is 0. The van der Waals surface area contributed by atoms with Gasteiger partial charge in [-0.3, -0.25) is 14.4 Å². The summed E-state index contributed by atoms with van der Waals surface area (Å²) < 4.78 is 0. The van der Waals surface area contributed by atoms with Crippen molar-refractivity contribution >= 4 is 24.1 Å². The van der Waals surface area contributed by atoms with Crippen LogP contribution in [0.15, 0.2) is 4.99 Å². The molecule has 6 nitrogen and oxygen atoms in total. The van der Waals surface area contributed by atoms with Gasteiger partial charge in [0.15, 0.2) is 0 Å². The molecule has 2 N–H and O–H groups in total. The van der Waals surface area contributed by atoms with Crippen molar-refractivity contribution in [2.75, 3.05) is 0 Å². The van der Waals surface area contributed by atoms with Crippen LogP contribution in [0.25, 0.3) is 0 Å². The Morgan fingerprint density at radius 2 is 1.93 bits per heavy atom. The highest BCUT2D eigenvalue weighted by Crippen LogP contribution is 2.04. The highest BCUT2D eigenvalue weighted by molar-refractivity contribution is 5.94. The minimum absolute atomic E-state index is 0.0680. The number of carboxylic acid groups (broad SMARTS) is 2. The number of amides is 1. The van der Waals surface area contributed by atoms with Gasteiger partial charge in [-0.1, -0.05) is 0 Å². The Morgan fingerprint density at radius 1 is 1.36 bits per heavy atom. The van der Waals surface area contributed by atoms with Gasteiger partial charge in [0.1, 0.15) is 0 Å². The van der Waals surface area contributed by atoms with Crippen molar-refractivity contribution in [3.05, 3.63) is 0 Å². The van der Waals surface area contributed by atoms with E-state index in [9.17, 15) is 14.4 Å². The molecule has 0 aromatic rings. The predicted octanol–water partition coefficient (Wildman–Crippen LogP) is 0.169. The van der Waals surface area contributed by atoms with Gasteiger partial charge in [0, 0.05) is 19.6 Å². The van der Waals surface area contributed by atoms with Gasteiger partial charge in [-0.15, -0.1) is 0 Å². The molecular formula is C8H11NO5. The Hall–Kier alpha value is -1.72. The summed E-state index contributed by atoms with van der Waals surface area (Å²) in [5.74, 6) is -3.79. The number of carbonyl (C=O) groups is 3. The molecule has 0 aliphatic carbocycles. The average molecular weight is 201 g/mol. The summed E-state index contributed by atoms with van der Waals surface area (Å²) in [7, 11) is 0. The van der Waals surface area contributed by atoms with Crippen molar-refractivity contribution in [3.8, 4) is 0 Å². The van der Waals surface area contributed by atoms with Gasteiger partial charge in [-0.25, -0.2) is 4.99 Å². The molecule has 0 aromatic carbocycles. The van der Waals surface area contributed by atoms with Crippen LogP contribution in [0.5, 0.6) is 0 Å². The first-order chi connectivity index (χ1) is 6.43. The molecule has 6 heteroatoms. The average Bonchev–Trinajstić information content (AvgIpc) is 2.02. The molecule has 1 unspecified atom stereocenters. The zero-order valence-electron chi connectivity index (χ0n) is 7.64. The monoisotopic (exact) mass is 201 g/mol. The zero-order valence-corrected chi connectivity index (χ0v) is 7.64. The van der Waals surface area contributed by atoms with E-state index in [4.69, 9.17) is 10.2 Å². The Morgan fingerprint density at radius 3 is 2.29 bits per heavy atom. The summed E-state index contributed by atoms with van der Waals surface area (Å²) in [6.45, 7) is 1.19. The third-order valence-electron chi connectivity index (χ3n) is 1.42. The van der Waals surface area contributed by atoms with E-state index in [0.717, 1.165) is 6.21 Å². The maximum atomic E-state index is 10.5. The number of aliphatic imine (C=N–C) groups is 1. The highest BCUT2D eigenvalue weighted by atomic mass is 16.4. The Labute approximate surface area is 80.3 Å². The molecule has 1 atom stereocenters. The highest BCUT2D eigenvalue weighted by Gasteiger charge is 2.16. The first-order valence-electron chi connectivity index (χ1n) is 3.93. The Balaban J connectivity index is 4.23. The maximum Gasteiger partial charge on any atom is 0.311 e. The molecule has 0 rings (SSSR count). The summed E-state index contributed by atoms with van der Waals surface area (Å²) in [4.78, 5) is 34.4. The van der Waals surface area contributed by atoms with E-state index in [2.05, 4.69) is 4.99 Å². The number of hydrogen-bond acceptors (Lipinski definition) is 3. The molecule has 1 amide bonds. The van der Waals surface area contributed by atoms with E-state index in [1.165, 1.54) is 6.92 Å². The van der Waals surface area contributed by atoms with Crippen LogP contribution >= 0.6 is 0 Å².